The van der Waals surface area contributed by atoms with Crippen molar-refractivity contribution in [1.29, 1.82) is 0 Å². The van der Waals surface area contributed by atoms with Gasteiger partial charge in [-0.05, 0) is 48.6 Å². The Balaban J connectivity index is 1.46. The van der Waals surface area contributed by atoms with Crippen LogP contribution in [0.4, 0.5) is 5.82 Å². The maximum atomic E-state index is 13.2. The molecule has 4 aromatic rings. The number of carbonyl (C=O) groups excluding carboxylic acids is 1. The van der Waals surface area contributed by atoms with Gasteiger partial charge in [-0.1, -0.05) is 67.1 Å². The fraction of sp³-hybridized carbons (Fsp3) is 0.222. The molecular weight excluding hydrogens is 410 g/mol. The molecule has 0 saturated heterocycles. The molecule has 33 heavy (non-hydrogen) atoms. The van der Waals surface area contributed by atoms with Crippen LogP contribution in [0.5, 0.6) is 0 Å². The molecule has 0 fully saturated rings. The molecule has 2 aromatic heterocycles. The summed E-state index contributed by atoms with van der Waals surface area (Å²) in [7, 11) is 0. The van der Waals surface area contributed by atoms with Crippen LogP contribution in [-0.4, -0.2) is 27.2 Å². The molecular formula is C27H29N5O. The predicted octanol–water partition coefficient (Wildman–Crippen LogP) is 4.96. The van der Waals surface area contributed by atoms with Crippen LogP contribution >= 0.6 is 0 Å². The first-order valence-corrected chi connectivity index (χ1v) is 11.1. The summed E-state index contributed by atoms with van der Waals surface area (Å²) in [6.07, 6.45) is 5.43. The molecule has 2 atom stereocenters. The van der Waals surface area contributed by atoms with Gasteiger partial charge in [0.2, 0.25) is 5.91 Å². The van der Waals surface area contributed by atoms with E-state index >= 15 is 0 Å². The standard InChI is InChI=1S/C27H29N5O/c1-19-9-11-22(12-10-19)21(3)16-29-26(23-7-5-4-6-8-23)27(33)31-25-14-13-24(17-28-25)32-18-20(2)15-30-32/h4-15,17-18,21,26,29H,16H2,1-3H3,(H,28,31,33)/t21-,26-/m1/s1. The summed E-state index contributed by atoms with van der Waals surface area (Å²) >= 11 is 0. The summed E-state index contributed by atoms with van der Waals surface area (Å²) < 4.78 is 1.76. The largest absolute Gasteiger partial charge is 0.309 e. The van der Waals surface area contributed by atoms with Crippen molar-refractivity contribution in [1.82, 2.24) is 20.1 Å². The second-order valence-electron chi connectivity index (χ2n) is 8.42. The number of anilines is 1. The number of aryl methyl sites for hydroxylation is 2. The molecule has 0 aliphatic rings. The van der Waals surface area contributed by atoms with E-state index in [4.69, 9.17) is 0 Å². The Hall–Kier alpha value is -3.77. The third-order valence-corrected chi connectivity index (χ3v) is 5.65. The zero-order valence-electron chi connectivity index (χ0n) is 19.2. The minimum Gasteiger partial charge on any atom is -0.309 e. The number of hydrogen-bond donors (Lipinski definition) is 2. The van der Waals surface area contributed by atoms with Crippen molar-refractivity contribution in [3.8, 4) is 5.69 Å². The fourth-order valence-electron chi connectivity index (χ4n) is 3.66. The van der Waals surface area contributed by atoms with Gasteiger partial charge in [-0.3, -0.25) is 4.79 Å². The first-order valence-electron chi connectivity index (χ1n) is 11.1. The Morgan fingerprint density at radius 2 is 1.67 bits per heavy atom. The van der Waals surface area contributed by atoms with Crippen LogP contribution in [0.2, 0.25) is 0 Å². The highest BCUT2D eigenvalue weighted by Gasteiger charge is 2.21. The fourth-order valence-corrected chi connectivity index (χ4v) is 3.66. The van der Waals surface area contributed by atoms with E-state index in [1.165, 1.54) is 11.1 Å². The zero-order chi connectivity index (χ0) is 23.2. The highest BCUT2D eigenvalue weighted by atomic mass is 16.2. The van der Waals surface area contributed by atoms with Crippen LogP contribution in [0.15, 0.2) is 85.3 Å². The monoisotopic (exact) mass is 439 g/mol. The van der Waals surface area contributed by atoms with Gasteiger partial charge in [0.1, 0.15) is 11.9 Å². The third kappa shape index (κ3) is 5.73. The smallest absolute Gasteiger partial charge is 0.247 e. The summed E-state index contributed by atoms with van der Waals surface area (Å²) in [6.45, 7) is 6.90. The number of benzene rings is 2. The molecule has 2 aromatic carbocycles. The van der Waals surface area contributed by atoms with Crippen LogP contribution in [0.1, 0.15) is 41.1 Å². The molecule has 2 N–H and O–H groups in total. The Labute approximate surface area is 194 Å². The van der Waals surface area contributed by atoms with Crippen LogP contribution in [0, 0.1) is 13.8 Å². The summed E-state index contributed by atoms with van der Waals surface area (Å²) in [6, 6.07) is 21.5. The quantitative estimate of drug-likeness (QED) is 0.407. The molecule has 2 heterocycles. The van der Waals surface area contributed by atoms with Crippen molar-refractivity contribution < 1.29 is 4.79 Å². The van der Waals surface area contributed by atoms with Gasteiger partial charge in [0.05, 0.1) is 18.1 Å². The van der Waals surface area contributed by atoms with Crippen LogP contribution in [0.3, 0.4) is 0 Å². The van der Waals surface area contributed by atoms with Gasteiger partial charge in [-0.25, -0.2) is 9.67 Å². The molecule has 0 bridgehead atoms. The SMILES string of the molecule is Cc1ccc([C@H](C)CN[C@@H](C(=O)Nc2ccc(-n3cc(C)cn3)cn2)c2ccccc2)cc1. The Morgan fingerprint density at radius 1 is 0.909 bits per heavy atom. The van der Waals surface area contributed by atoms with Gasteiger partial charge in [0.15, 0.2) is 0 Å². The van der Waals surface area contributed by atoms with Crippen LogP contribution in [0.25, 0.3) is 5.69 Å². The molecule has 168 valence electrons. The number of pyridine rings is 1. The highest BCUT2D eigenvalue weighted by molar-refractivity contribution is 5.94. The topological polar surface area (TPSA) is 71.8 Å². The van der Waals surface area contributed by atoms with E-state index in [0.717, 1.165) is 16.8 Å². The predicted molar refractivity (Wildman–Crippen MR) is 132 cm³/mol. The second kappa shape index (κ2) is 10.2. The Bertz CT molecular complexity index is 1180. The van der Waals surface area contributed by atoms with Gasteiger partial charge < -0.3 is 10.6 Å². The van der Waals surface area contributed by atoms with E-state index in [0.29, 0.717) is 12.4 Å². The van der Waals surface area contributed by atoms with Crippen molar-refractivity contribution >= 4 is 11.7 Å². The summed E-state index contributed by atoms with van der Waals surface area (Å²) in [5, 5.41) is 10.7. The number of amides is 1. The summed E-state index contributed by atoms with van der Waals surface area (Å²) in [4.78, 5) is 17.6. The van der Waals surface area contributed by atoms with Crippen molar-refractivity contribution in [2.75, 3.05) is 11.9 Å². The van der Waals surface area contributed by atoms with E-state index in [1.807, 2.05) is 49.5 Å². The molecule has 4 rings (SSSR count). The van der Waals surface area contributed by atoms with Crippen molar-refractivity contribution in [2.24, 2.45) is 0 Å². The lowest BCUT2D eigenvalue weighted by Crippen LogP contribution is -2.35. The number of hydrogen-bond acceptors (Lipinski definition) is 4. The third-order valence-electron chi connectivity index (χ3n) is 5.65. The molecule has 6 heteroatoms. The van der Waals surface area contributed by atoms with E-state index in [9.17, 15) is 4.79 Å². The van der Waals surface area contributed by atoms with E-state index in [-0.39, 0.29) is 11.8 Å². The molecule has 0 aliphatic carbocycles. The maximum Gasteiger partial charge on any atom is 0.247 e. The maximum absolute atomic E-state index is 13.2. The van der Waals surface area contributed by atoms with Crippen molar-refractivity contribution in [2.45, 2.75) is 32.7 Å². The van der Waals surface area contributed by atoms with Crippen LogP contribution in [-0.2, 0) is 4.79 Å². The van der Waals surface area contributed by atoms with E-state index < -0.39 is 6.04 Å². The van der Waals surface area contributed by atoms with Gasteiger partial charge >= 0.3 is 0 Å². The van der Waals surface area contributed by atoms with Gasteiger partial charge in [-0.15, -0.1) is 0 Å². The lowest BCUT2D eigenvalue weighted by molar-refractivity contribution is -0.118. The van der Waals surface area contributed by atoms with E-state index in [1.54, 1.807) is 23.1 Å². The molecule has 6 nitrogen and oxygen atoms in total. The second-order valence-corrected chi connectivity index (χ2v) is 8.42. The van der Waals surface area contributed by atoms with Gasteiger partial charge in [0.25, 0.3) is 0 Å². The number of nitrogens with zero attached hydrogens (tertiary/aromatic N) is 3. The Morgan fingerprint density at radius 3 is 2.30 bits per heavy atom. The number of rotatable bonds is 8. The normalized spacial score (nSPS) is 12.8. The van der Waals surface area contributed by atoms with Crippen LogP contribution < -0.4 is 10.6 Å². The minimum atomic E-state index is -0.491. The van der Waals surface area contributed by atoms with Crippen molar-refractivity contribution in [3.05, 3.63) is 108 Å². The molecule has 0 radical (unpaired) electrons. The number of nitrogens with one attached hydrogen (secondary N) is 2. The van der Waals surface area contributed by atoms with E-state index in [2.05, 4.69) is 58.8 Å². The van der Waals surface area contributed by atoms with Gasteiger partial charge in [-0.2, -0.15) is 5.10 Å². The lowest BCUT2D eigenvalue weighted by Gasteiger charge is -2.21. The average Bonchev–Trinajstić information content (AvgIpc) is 3.27. The summed E-state index contributed by atoms with van der Waals surface area (Å²) in [5.74, 6) is 0.619. The highest BCUT2D eigenvalue weighted by Crippen LogP contribution is 2.20. The first-order chi connectivity index (χ1) is 16.0. The lowest BCUT2D eigenvalue weighted by atomic mass is 9.98. The molecule has 1 amide bonds. The molecule has 0 spiro atoms. The molecule has 0 aliphatic heterocycles. The summed E-state index contributed by atoms with van der Waals surface area (Å²) in [5.41, 5.74) is 5.30. The average molecular weight is 440 g/mol. The Kier molecular flexibility index (Phi) is 6.95. The minimum absolute atomic E-state index is 0.146. The zero-order valence-corrected chi connectivity index (χ0v) is 19.2. The number of aromatic nitrogens is 3. The van der Waals surface area contributed by atoms with Gasteiger partial charge in [0, 0.05) is 12.7 Å². The van der Waals surface area contributed by atoms with Crippen molar-refractivity contribution in [3.63, 3.8) is 0 Å². The first kappa shape index (κ1) is 22.4. The molecule has 0 saturated carbocycles. The molecule has 0 unspecified atom stereocenters. The number of carbonyl (C=O) groups is 1.